The summed E-state index contributed by atoms with van der Waals surface area (Å²) in [6.45, 7) is 5.73. The molecule has 0 N–H and O–H groups in total. The van der Waals surface area contributed by atoms with E-state index in [9.17, 15) is 14.9 Å². The number of rotatable bonds is 5. The summed E-state index contributed by atoms with van der Waals surface area (Å²) in [6.07, 6.45) is 0. The number of para-hydroxylation sites is 1. The standard InChI is InChI=1S/C14H20N2O4/c1-14(2,3)20-10-13(17)15(4)9-11-7-5-6-8-12(11)16(18)19/h5-8H,9-10H2,1-4H3. The van der Waals surface area contributed by atoms with E-state index in [1.165, 1.54) is 11.0 Å². The number of nitro benzene ring substituents is 1. The largest absolute Gasteiger partial charge is 0.366 e. The lowest BCUT2D eigenvalue weighted by Crippen LogP contribution is -2.33. The van der Waals surface area contributed by atoms with Crippen LogP contribution in [0.15, 0.2) is 24.3 Å². The van der Waals surface area contributed by atoms with Crippen molar-refractivity contribution < 1.29 is 14.5 Å². The highest BCUT2D eigenvalue weighted by atomic mass is 16.6. The predicted molar refractivity (Wildman–Crippen MR) is 75.3 cm³/mol. The van der Waals surface area contributed by atoms with E-state index in [0.29, 0.717) is 5.56 Å². The van der Waals surface area contributed by atoms with Gasteiger partial charge in [-0.05, 0) is 20.8 Å². The molecule has 1 aromatic carbocycles. The van der Waals surface area contributed by atoms with Crippen molar-refractivity contribution >= 4 is 11.6 Å². The molecule has 0 aliphatic heterocycles. The number of likely N-dealkylation sites (N-methyl/N-ethyl adjacent to an activating group) is 1. The molecule has 6 heteroatoms. The molecule has 0 aliphatic carbocycles. The maximum Gasteiger partial charge on any atom is 0.274 e. The Morgan fingerprint density at radius 2 is 1.95 bits per heavy atom. The molecule has 6 nitrogen and oxygen atoms in total. The Hall–Kier alpha value is -1.95. The van der Waals surface area contributed by atoms with E-state index in [1.807, 2.05) is 20.8 Å². The molecule has 0 heterocycles. The monoisotopic (exact) mass is 280 g/mol. The Bertz CT molecular complexity index is 494. The van der Waals surface area contributed by atoms with Gasteiger partial charge in [-0.15, -0.1) is 0 Å². The van der Waals surface area contributed by atoms with Crippen LogP contribution in [-0.2, 0) is 16.1 Å². The molecule has 1 aromatic rings. The Balaban J connectivity index is 2.69. The van der Waals surface area contributed by atoms with Crippen molar-refractivity contribution in [2.45, 2.75) is 32.9 Å². The van der Waals surface area contributed by atoms with E-state index in [4.69, 9.17) is 4.74 Å². The number of hydrogen-bond donors (Lipinski definition) is 0. The number of hydrogen-bond acceptors (Lipinski definition) is 4. The van der Waals surface area contributed by atoms with Crippen LogP contribution in [-0.4, -0.2) is 35.0 Å². The zero-order valence-corrected chi connectivity index (χ0v) is 12.3. The molecule has 0 aromatic heterocycles. The fourth-order valence-electron chi connectivity index (χ4n) is 1.55. The van der Waals surface area contributed by atoms with Crippen LogP contribution in [0, 0.1) is 10.1 Å². The van der Waals surface area contributed by atoms with Crippen molar-refractivity contribution in [2.24, 2.45) is 0 Å². The second-order valence-corrected chi connectivity index (χ2v) is 5.54. The fraction of sp³-hybridized carbons (Fsp3) is 0.500. The summed E-state index contributed by atoms with van der Waals surface area (Å²) in [5.41, 5.74) is 0.128. The zero-order valence-electron chi connectivity index (χ0n) is 12.3. The van der Waals surface area contributed by atoms with E-state index < -0.39 is 10.5 Å². The lowest BCUT2D eigenvalue weighted by Gasteiger charge is -2.22. The van der Waals surface area contributed by atoms with Gasteiger partial charge in [0.15, 0.2) is 0 Å². The quantitative estimate of drug-likeness (QED) is 0.613. The number of benzene rings is 1. The van der Waals surface area contributed by atoms with Gasteiger partial charge in [0, 0.05) is 18.7 Å². The van der Waals surface area contributed by atoms with Gasteiger partial charge in [-0.3, -0.25) is 14.9 Å². The Kier molecular flexibility index (Phi) is 5.21. The third-order valence-electron chi connectivity index (χ3n) is 2.65. The highest BCUT2D eigenvalue weighted by Gasteiger charge is 2.19. The van der Waals surface area contributed by atoms with Crippen molar-refractivity contribution in [1.82, 2.24) is 4.90 Å². The van der Waals surface area contributed by atoms with Crippen LogP contribution in [0.25, 0.3) is 0 Å². The van der Waals surface area contributed by atoms with Gasteiger partial charge >= 0.3 is 0 Å². The average Bonchev–Trinajstić information content (AvgIpc) is 2.35. The molecular formula is C14H20N2O4. The Morgan fingerprint density at radius 1 is 1.35 bits per heavy atom. The smallest absolute Gasteiger partial charge is 0.274 e. The molecule has 0 atom stereocenters. The molecule has 0 aliphatic rings. The lowest BCUT2D eigenvalue weighted by molar-refractivity contribution is -0.385. The first-order valence-corrected chi connectivity index (χ1v) is 6.31. The molecule has 0 radical (unpaired) electrons. The molecular weight excluding hydrogens is 260 g/mol. The van der Waals surface area contributed by atoms with Gasteiger partial charge in [0.1, 0.15) is 6.61 Å². The summed E-state index contributed by atoms with van der Waals surface area (Å²) >= 11 is 0. The molecule has 0 unspecified atom stereocenters. The maximum absolute atomic E-state index is 11.9. The fourth-order valence-corrected chi connectivity index (χ4v) is 1.55. The molecule has 0 fully saturated rings. The number of ether oxygens (including phenoxy) is 1. The summed E-state index contributed by atoms with van der Waals surface area (Å²) in [7, 11) is 1.60. The molecule has 20 heavy (non-hydrogen) atoms. The number of carbonyl (C=O) groups excluding carboxylic acids is 1. The normalized spacial score (nSPS) is 11.2. The maximum atomic E-state index is 11.9. The third kappa shape index (κ3) is 4.97. The van der Waals surface area contributed by atoms with Crippen LogP contribution in [0.3, 0.4) is 0 Å². The Labute approximate surface area is 118 Å². The molecule has 1 rings (SSSR count). The molecule has 110 valence electrons. The van der Waals surface area contributed by atoms with Gasteiger partial charge in [-0.25, -0.2) is 0 Å². The second kappa shape index (κ2) is 6.47. The van der Waals surface area contributed by atoms with Gasteiger partial charge in [0.05, 0.1) is 17.1 Å². The van der Waals surface area contributed by atoms with Crippen LogP contribution in [0.4, 0.5) is 5.69 Å². The van der Waals surface area contributed by atoms with Crippen molar-refractivity contribution in [3.8, 4) is 0 Å². The lowest BCUT2D eigenvalue weighted by atomic mass is 10.1. The van der Waals surface area contributed by atoms with Crippen molar-refractivity contribution in [3.63, 3.8) is 0 Å². The first-order chi connectivity index (χ1) is 9.20. The summed E-state index contributed by atoms with van der Waals surface area (Å²) in [6, 6.07) is 6.39. The van der Waals surface area contributed by atoms with Crippen LogP contribution in [0.5, 0.6) is 0 Å². The van der Waals surface area contributed by atoms with Crippen molar-refractivity contribution in [3.05, 3.63) is 39.9 Å². The van der Waals surface area contributed by atoms with Crippen molar-refractivity contribution in [1.29, 1.82) is 0 Å². The summed E-state index contributed by atoms with van der Waals surface area (Å²) < 4.78 is 5.40. The van der Waals surface area contributed by atoms with E-state index in [2.05, 4.69) is 0 Å². The summed E-state index contributed by atoms with van der Waals surface area (Å²) in [5.74, 6) is -0.210. The minimum Gasteiger partial charge on any atom is -0.366 e. The number of amides is 1. The number of nitro groups is 1. The zero-order chi connectivity index (χ0) is 15.3. The average molecular weight is 280 g/mol. The van der Waals surface area contributed by atoms with E-state index >= 15 is 0 Å². The Morgan fingerprint density at radius 3 is 2.50 bits per heavy atom. The van der Waals surface area contributed by atoms with E-state index in [0.717, 1.165) is 0 Å². The highest BCUT2D eigenvalue weighted by molar-refractivity contribution is 5.77. The van der Waals surface area contributed by atoms with Gasteiger partial charge in [-0.2, -0.15) is 0 Å². The number of nitrogens with zero attached hydrogens (tertiary/aromatic N) is 2. The molecule has 1 amide bonds. The third-order valence-corrected chi connectivity index (χ3v) is 2.65. The van der Waals surface area contributed by atoms with Crippen LogP contribution >= 0.6 is 0 Å². The highest BCUT2D eigenvalue weighted by Crippen LogP contribution is 2.19. The van der Waals surface area contributed by atoms with Gasteiger partial charge in [0.2, 0.25) is 5.91 Å². The molecule has 0 bridgehead atoms. The first kappa shape index (κ1) is 16.1. The van der Waals surface area contributed by atoms with Gasteiger partial charge in [0.25, 0.3) is 5.69 Å². The summed E-state index contributed by atoms with van der Waals surface area (Å²) in [4.78, 5) is 23.8. The minimum absolute atomic E-state index is 0.0175. The molecule has 0 saturated carbocycles. The van der Waals surface area contributed by atoms with E-state index in [1.54, 1.807) is 25.2 Å². The van der Waals surface area contributed by atoms with Gasteiger partial charge < -0.3 is 9.64 Å². The minimum atomic E-state index is -0.445. The topological polar surface area (TPSA) is 72.7 Å². The van der Waals surface area contributed by atoms with Crippen LogP contribution in [0.2, 0.25) is 0 Å². The summed E-state index contributed by atoms with van der Waals surface area (Å²) in [5, 5.41) is 10.9. The van der Waals surface area contributed by atoms with Crippen LogP contribution in [0.1, 0.15) is 26.3 Å². The second-order valence-electron chi connectivity index (χ2n) is 5.54. The molecule has 0 spiro atoms. The molecule has 0 saturated heterocycles. The van der Waals surface area contributed by atoms with Gasteiger partial charge in [-0.1, -0.05) is 18.2 Å². The SMILES string of the molecule is CN(Cc1ccccc1[N+](=O)[O-])C(=O)COC(C)(C)C. The van der Waals surface area contributed by atoms with E-state index in [-0.39, 0.29) is 24.7 Å². The van der Waals surface area contributed by atoms with Crippen LogP contribution < -0.4 is 0 Å². The first-order valence-electron chi connectivity index (χ1n) is 6.31. The van der Waals surface area contributed by atoms with Crippen molar-refractivity contribution in [2.75, 3.05) is 13.7 Å². The number of carbonyl (C=O) groups is 1. The predicted octanol–water partition coefficient (Wildman–Crippen LogP) is 2.37.